The van der Waals surface area contributed by atoms with Crippen molar-refractivity contribution in [1.82, 2.24) is 0 Å². The van der Waals surface area contributed by atoms with Crippen molar-refractivity contribution in [3.8, 4) is 0 Å². The third kappa shape index (κ3) is 10.1. The van der Waals surface area contributed by atoms with Crippen LogP contribution in [-0.4, -0.2) is 0 Å². The molecule has 0 aromatic rings. The Morgan fingerprint density at radius 3 is 0.750 bits per heavy atom. The van der Waals surface area contributed by atoms with Gasteiger partial charge in [0.05, 0.1) is 0 Å². The summed E-state index contributed by atoms with van der Waals surface area (Å²) in [5.41, 5.74) is 0. The first kappa shape index (κ1) is 55.0. The zero-order chi connectivity index (χ0) is 0. The zero-order valence-corrected chi connectivity index (χ0v) is 8.40. The smallest absolute Gasteiger partial charge is 2.00 e. The molecule has 0 atom stereocenters. The second kappa shape index (κ2) is 26.6. The Morgan fingerprint density at radius 2 is 0.750 bits per heavy atom. The SMILES string of the molecule is [Co+2].[Hg+2].[O-2].[O-2]. The average Bonchev–Trinajstić information content (AvgIpc) is 0. The van der Waals surface area contributed by atoms with Gasteiger partial charge in [0.2, 0.25) is 0 Å². The molecule has 23 valence electrons. The Morgan fingerprint density at radius 1 is 0.750 bits per heavy atom. The Kier molecular flexibility index (Phi) is 366. The predicted octanol–water partition coefficient (Wildman–Crippen LogP) is -0.243. The van der Waals surface area contributed by atoms with Gasteiger partial charge in [-0.15, -0.1) is 0 Å². The standard InChI is InChI=1S/Co.Hg.2O/q2*+2;2*-2. The second-order valence-electron chi connectivity index (χ2n) is 0. The molecule has 0 heterocycles. The molecule has 2 nitrogen and oxygen atoms in total. The van der Waals surface area contributed by atoms with Gasteiger partial charge in [0, 0.05) is 0 Å². The minimum atomic E-state index is 0. The van der Waals surface area contributed by atoms with Crippen molar-refractivity contribution in [3.05, 3.63) is 0 Å². The molecule has 0 aromatic heterocycles. The van der Waals surface area contributed by atoms with Crippen molar-refractivity contribution in [1.29, 1.82) is 0 Å². The van der Waals surface area contributed by atoms with E-state index in [1.54, 1.807) is 0 Å². The molecule has 1 radical (unpaired) electrons. The Hall–Kier alpha value is 1.36. The number of rotatable bonds is 0. The van der Waals surface area contributed by atoms with Crippen LogP contribution in [0.4, 0.5) is 0 Å². The molecule has 4 heteroatoms. The molecule has 0 unspecified atom stereocenters. The first-order valence-electron chi connectivity index (χ1n) is 0. The summed E-state index contributed by atoms with van der Waals surface area (Å²) in [5.74, 6) is 0. The van der Waals surface area contributed by atoms with E-state index in [1.165, 1.54) is 0 Å². The molecule has 0 aliphatic heterocycles. The molecule has 4 heavy (non-hydrogen) atoms. The van der Waals surface area contributed by atoms with E-state index in [0.29, 0.717) is 0 Å². The summed E-state index contributed by atoms with van der Waals surface area (Å²) in [6.45, 7) is 0. The van der Waals surface area contributed by atoms with Gasteiger partial charge in [-0.05, 0) is 0 Å². The molecule has 0 aliphatic carbocycles. The molecular formula is CoHgO2. The van der Waals surface area contributed by atoms with E-state index in [0.717, 1.165) is 0 Å². The summed E-state index contributed by atoms with van der Waals surface area (Å²) in [4.78, 5) is 0. The van der Waals surface area contributed by atoms with Crippen molar-refractivity contribution in [2.24, 2.45) is 0 Å². The van der Waals surface area contributed by atoms with Crippen molar-refractivity contribution < 1.29 is 55.4 Å². The van der Waals surface area contributed by atoms with E-state index in [-0.39, 0.29) is 55.4 Å². The molecule has 0 rings (SSSR count). The fraction of sp³-hybridized carbons (Fsp3) is 0. The Bertz CT molecular complexity index is 6.00. The fourth-order valence-electron chi connectivity index (χ4n) is 0. The van der Waals surface area contributed by atoms with Gasteiger partial charge in [-0.2, -0.15) is 0 Å². The number of hydrogen-bond acceptors (Lipinski definition) is 0. The number of hydrogen-bond donors (Lipinski definition) is 0. The van der Waals surface area contributed by atoms with Crippen LogP contribution in [0.2, 0.25) is 0 Å². The van der Waals surface area contributed by atoms with Gasteiger partial charge in [-0.25, -0.2) is 0 Å². The summed E-state index contributed by atoms with van der Waals surface area (Å²) >= 11 is 0. The van der Waals surface area contributed by atoms with E-state index in [1.807, 2.05) is 0 Å². The first-order valence-corrected chi connectivity index (χ1v) is 0. The quantitative estimate of drug-likeness (QED) is 0.553. The van der Waals surface area contributed by atoms with Crippen LogP contribution in [0, 0.1) is 0 Å². The maximum absolute atomic E-state index is 0. The van der Waals surface area contributed by atoms with Gasteiger partial charge in [0.1, 0.15) is 0 Å². The van der Waals surface area contributed by atoms with Crippen molar-refractivity contribution >= 4 is 0 Å². The van der Waals surface area contributed by atoms with Crippen LogP contribution in [0.5, 0.6) is 0 Å². The van der Waals surface area contributed by atoms with Crippen molar-refractivity contribution in [2.45, 2.75) is 0 Å². The van der Waals surface area contributed by atoms with Gasteiger partial charge < -0.3 is 11.0 Å². The summed E-state index contributed by atoms with van der Waals surface area (Å²) < 4.78 is 0. The largest absolute Gasteiger partial charge is 2.00 e. The molecule has 0 N–H and O–H groups in total. The molecule has 0 saturated carbocycles. The Balaban J connectivity index is 0. The van der Waals surface area contributed by atoms with E-state index in [2.05, 4.69) is 0 Å². The summed E-state index contributed by atoms with van der Waals surface area (Å²) in [6, 6.07) is 0. The Labute approximate surface area is 55.3 Å². The predicted molar refractivity (Wildman–Crippen MR) is 1.37 cm³/mol. The molecule has 0 bridgehead atoms. The maximum atomic E-state index is 0. The third-order valence-corrected chi connectivity index (χ3v) is 0. The van der Waals surface area contributed by atoms with Gasteiger partial charge in [0.25, 0.3) is 0 Å². The molecule has 0 aliphatic rings. The van der Waals surface area contributed by atoms with Gasteiger partial charge in [-0.1, -0.05) is 0 Å². The minimum Gasteiger partial charge on any atom is -2.00 e. The molecule has 0 saturated heterocycles. The third-order valence-electron chi connectivity index (χ3n) is 0. The van der Waals surface area contributed by atoms with Crippen LogP contribution in [0.3, 0.4) is 0 Å². The molecule has 0 amide bonds. The first-order chi connectivity index (χ1) is 0. The van der Waals surface area contributed by atoms with Gasteiger partial charge in [0.15, 0.2) is 0 Å². The van der Waals surface area contributed by atoms with Crippen LogP contribution < -0.4 is 0 Å². The van der Waals surface area contributed by atoms with Gasteiger partial charge in [-0.3, -0.25) is 0 Å². The maximum Gasteiger partial charge on any atom is 2.00 e. The van der Waals surface area contributed by atoms with E-state index >= 15 is 0 Å². The average molecular weight is 292 g/mol. The van der Waals surface area contributed by atoms with Crippen LogP contribution in [-0.2, 0) is 55.4 Å². The zero-order valence-electron chi connectivity index (χ0n) is 1.86. The second-order valence-corrected chi connectivity index (χ2v) is 0. The van der Waals surface area contributed by atoms with Crippen LogP contribution in [0.15, 0.2) is 0 Å². The van der Waals surface area contributed by atoms with E-state index in [9.17, 15) is 0 Å². The molecule has 0 spiro atoms. The topological polar surface area (TPSA) is 57.0 Å². The molecule has 0 fully saturated rings. The van der Waals surface area contributed by atoms with E-state index in [4.69, 9.17) is 0 Å². The normalized spacial score (nSPS) is 0. The van der Waals surface area contributed by atoms with Gasteiger partial charge >= 0.3 is 44.4 Å². The fourth-order valence-corrected chi connectivity index (χ4v) is 0. The van der Waals surface area contributed by atoms with Crippen LogP contribution >= 0.6 is 0 Å². The summed E-state index contributed by atoms with van der Waals surface area (Å²) in [7, 11) is 0. The molecule has 0 aromatic carbocycles. The molecular weight excluding hydrogens is 292 g/mol. The van der Waals surface area contributed by atoms with E-state index < -0.39 is 0 Å². The summed E-state index contributed by atoms with van der Waals surface area (Å²) in [5, 5.41) is 0. The van der Waals surface area contributed by atoms with Crippen LogP contribution in [0.25, 0.3) is 0 Å². The summed E-state index contributed by atoms with van der Waals surface area (Å²) in [6.07, 6.45) is 0. The van der Waals surface area contributed by atoms with Crippen molar-refractivity contribution in [3.63, 3.8) is 0 Å². The van der Waals surface area contributed by atoms with Crippen molar-refractivity contribution in [2.75, 3.05) is 0 Å². The monoisotopic (exact) mass is 293 g/mol. The van der Waals surface area contributed by atoms with Crippen LogP contribution in [0.1, 0.15) is 0 Å². The minimum absolute atomic E-state index is 0.